The third-order valence-electron chi connectivity index (χ3n) is 3.94. The Morgan fingerprint density at radius 1 is 0.897 bits per heavy atom. The molecule has 0 atom stereocenters. The molecule has 0 heterocycles. The average molecular weight is 431 g/mol. The van der Waals surface area contributed by atoms with E-state index in [1.165, 1.54) is 60.3 Å². The highest BCUT2D eigenvalue weighted by atomic mass is 32.2. The van der Waals surface area contributed by atoms with Crippen LogP contribution < -0.4 is 10.0 Å². The fraction of sp³-hybridized carbons (Fsp3) is 0.0952. The van der Waals surface area contributed by atoms with Crippen LogP contribution in [0.15, 0.2) is 82.6 Å². The number of sulfonamides is 1. The summed E-state index contributed by atoms with van der Waals surface area (Å²) < 4.78 is 40.1. The van der Waals surface area contributed by atoms with Crippen LogP contribution in [-0.2, 0) is 14.8 Å². The van der Waals surface area contributed by atoms with Gasteiger partial charge in [-0.3, -0.25) is 9.52 Å². The molecule has 0 fully saturated rings. The Hall–Kier alpha value is -2.84. The monoisotopic (exact) mass is 430 g/mol. The van der Waals surface area contributed by atoms with E-state index in [2.05, 4.69) is 10.0 Å². The van der Waals surface area contributed by atoms with Crippen LogP contribution in [0.5, 0.6) is 0 Å². The molecule has 0 saturated heterocycles. The number of halogens is 1. The molecule has 3 aromatic carbocycles. The molecule has 0 aromatic heterocycles. The fourth-order valence-corrected chi connectivity index (χ4v) is 4.19. The van der Waals surface area contributed by atoms with E-state index in [-0.39, 0.29) is 22.2 Å². The van der Waals surface area contributed by atoms with Gasteiger partial charge >= 0.3 is 0 Å². The van der Waals surface area contributed by atoms with Crippen molar-refractivity contribution in [1.29, 1.82) is 0 Å². The van der Waals surface area contributed by atoms with Crippen LogP contribution >= 0.6 is 11.8 Å². The van der Waals surface area contributed by atoms with Gasteiger partial charge in [-0.1, -0.05) is 17.7 Å². The molecule has 0 bridgehead atoms. The molecular weight excluding hydrogens is 411 g/mol. The molecule has 2 N–H and O–H groups in total. The number of anilines is 2. The first-order valence-corrected chi connectivity index (χ1v) is 11.2. The molecular formula is C21H19FN2O3S2. The first kappa shape index (κ1) is 20.9. The number of hydrogen-bond acceptors (Lipinski definition) is 4. The third-order valence-corrected chi connectivity index (χ3v) is 6.34. The Bertz CT molecular complexity index is 1080. The molecule has 0 saturated carbocycles. The van der Waals surface area contributed by atoms with E-state index < -0.39 is 15.8 Å². The normalized spacial score (nSPS) is 11.1. The van der Waals surface area contributed by atoms with Crippen LogP contribution in [0.25, 0.3) is 0 Å². The summed E-state index contributed by atoms with van der Waals surface area (Å²) >= 11 is 1.42. The zero-order chi connectivity index (χ0) is 20.9. The van der Waals surface area contributed by atoms with E-state index in [0.717, 1.165) is 10.5 Å². The first-order chi connectivity index (χ1) is 13.8. The molecule has 3 rings (SSSR count). The van der Waals surface area contributed by atoms with Crippen molar-refractivity contribution in [1.82, 2.24) is 0 Å². The highest BCUT2D eigenvalue weighted by Crippen LogP contribution is 2.20. The molecule has 3 aromatic rings. The topological polar surface area (TPSA) is 75.3 Å². The molecule has 0 radical (unpaired) electrons. The lowest BCUT2D eigenvalue weighted by atomic mass is 10.2. The minimum absolute atomic E-state index is 0.0360. The van der Waals surface area contributed by atoms with Crippen LogP contribution in [0.3, 0.4) is 0 Å². The minimum atomic E-state index is -3.81. The van der Waals surface area contributed by atoms with Crippen LogP contribution in [0.1, 0.15) is 5.56 Å². The molecule has 0 spiro atoms. The van der Waals surface area contributed by atoms with Gasteiger partial charge in [0.05, 0.1) is 10.6 Å². The smallest absolute Gasteiger partial charge is 0.261 e. The number of hydrogen-bond donors (Lipinski definition) is 2. The predicted molar refractivity (Wildman–Crippen MR) is 114 cm³/mol. The van der Waals surface area contributed by atoms with Crippen molar-refractivity contribution in [2.24, 2.45) is 0 Å². The summed E-state index contributed by atoms with van der Waals surface area (Å²) in [5, 5.41) is 2.74. The van der Waals surface area contributed by atoms with E-state index in [1.54, 1.807) is 0 Å². The Morgan fingerprint density at radius 3 is 2.10 bits per heavy atom. The van der Waals surface area contributed by atoms with Crippen molar-refractivity contribution in [3.8, 4) is 0 Å². The Labute approximate surface area is 173 Å². The lowest BCUT2D eigenvalue weighted by molar-refractivity contribution is -0.113. The van der Waals surface area contributed by atoms with Crippen molar-refractivity contribution >= 4 is 39.1 Å². The largest absolute Gasteiger partial charge is 0.325 e. The van der Waals surface area contributed by atoms with Crippen molar-refractivity contribution in [3.05, 3.63) is 84.2 Å². The van der Waals surface area contributed by atoms with E-state index >= 15 is 0 Å². The summed E-state index contributed by atoms with van der Waals surface area (Å²) in [6, 6.07) is 18.8. The van der Waals surface area contributed by atoms with E-state index in [4.69, 9.17) is 0 Å². The van der Waals surface area contributed by atoms with Crippen molar-refractivity contribution in [2.45, 2.75) is 16.7 Å². The maximum absolute atomic E-state index is 12.9. The Kier molecular flexibility index (Phi) is 6.56. The van der Waals surface area contributed by atoms with Crippen LogP contribution in [0, 0.1) is 12.7 Å². The summed E-state index contributed by atoms with van der Waals surface area (Å²) in [5.41, 5.74) is 1.92. The molecule has 0 aliphatic heterocycles. The number of carbonyl (C=O) groups is 1. The molecule has 29 heavy (non-hydrogen) atoms. The predicted octanol–water partition coefficient (Wildman–Crippen LogP) is 4.67. The van der Waals surface area contributed by atoms with Gasteiger partial charge in [-0.15, -0.1) is 11.8 Å². The van der Waals surface area contributed by atoms with Gasteiger partial charge < -0.3 is 5.32 Å². The second-order valence-corrected chi connectivity index (χ2v) is 9.02. The summed E-state index contributed by atoms with van der Waals surface area (Å²) in [6.45, 7) is 2.00. The van der Waals surface area contributed by atoms with Crippen molar-refractivity contribution < 1.29 is 17.6 Å². The maximum atomic E-state index is 12.9. The van der Waals surface area contributed by atoms with E-state index in [0.29, 0.717) is 5.69 Å². The lowest BCUT2D eigenvalue weighted by Gasteiger charge is -2.09. The van der Waals surface area contributed by atoms with Gasteiger partial charge in [0.2, 0.25) is 5.91 Å². The van der Waals surface area contributed by atoms with Crippen LogP contribution in [0.2, 0.25) is 0 Å². The molecule has 0 aliphatic rings. The maximum Gasteiger partial charge on any atom is 0.261 e. The summed E-state index contributed by atoms with van der Waals surface area (Å²) in [5.74, 6) is -0.390. The molecule has 8 heteroatoms. The number of amides is 1. The second-order valence-electron chi connectivity index (χ2n) is 6.29. The number of aryl methyl sites for hydroxylation is 1. The lowest BCUT2D eigenvalue weighted by Crippen LogP contribution is -2.15. The molecule has 0 aliphatic carbocycles. The van der Waals surface area contributed by atoms with Gasteiger partial charge in [0.25, 0.3) is 10.0 Å². The highest BCUT2D eigenvalue weighted by Gasteiger charge is 2.14. The third kappa shape index (κ3) is 6.07. The average Bonchev–Trinajstić information content (AvgIpc) is 2.70. The zero-order valence-electron chi connectivity index (χ0n) is 15.6. The summed E-state index contributed by atoms with van der Waals surface area (Å²) in [7, 11) is -3.81. The summed E-state index contributed by atoms with van der Waals surface area (Å²) in [4.78, 5) is 13.1. The number of carbonyl (C=O) groups excluding carboxylic acids is 1. The van der Waals surface area contributed by atoms with Crippen molar-refractivity contribution in [3.63, 3.8) is 0 Å². The fourth-order valence-electron chi connectivity index (χ4n) is 2.43. The van der Waals surface area contributed by atoms with Gasteiger partial charge in [-0.25, -0.2) is 12.8 Å². The molecule has 150 valence electrons. The quantitative estimate of drug-likeness (QED) is 0.535. The molecule has 0 unspecified atom stereocenters. The van der Waals surface area contributed by atoms with Crippen LogP contribution in [0.4, 0.5) is 15.8 Å². The summed E-state index contributed by atoms with van der Waals surface area (Å²) in [6.07, 6.45) is 0. The second kappa shape index (κ2) is 9.11. The van der Waals surface area contributed by atoms with Gasteiger partial charge in [0, 0.05) is 16.3 Å². The molecule has 5 nitrogen and oxygen atoms in total. The van der Waals surface area contributed by atoms with Gasteiger partial charge in [-0.05, 0) is 67.6 Å². The number of rotatable bonds is 7. The highest BCUT2D eigenvalue weighted by molar-refractivity contribution is 8.00. The zero-order valence-corrected chi connectivity index (χ0v) is 17.2. The van der Waals surface area contributed by atoms with Crippen LogP contribution in [-0.4, -0.2) is 20.1 Å². The standard InChI is InChI=1S/C21H19FN2O3S2/c1-15-2-10-19(11-3-15)28-14-21(25)23-17-8-12-20(13-9-17)29(26,27)24-18-6-4-16(22)5-7-18/h2-13,24H,14H2,1H3,(H,23,25). The number of thioether (sulfide) groups is 1. The number of benzene rings is 3. The Morgan fingerprint density at radius 2 is 1.48 bits per heavy atom. The van der Waals surface area contributed by atoms with Crippen molar-refractivity contribution in [2.75, 3.05) is 15.8 Å². The van der Waals surface area contributed by atoms with E-state index in [1.807, 2.05) is 31.2 Å². The minimum Gasteiger partial charge on any atom is -0.325 e. The van der Waals surface area contributed by atoms with E-state index in [9.17, 15) is 17.6 Å². The number of nitrogens with one attached hydrogen (secondary N) is 2. The van der Waals surface area contributed by atoms with Gasteiger partial charge in [0.15, 0.2) is 0 Å². The first-order valence-electron chi connectivity index (χ1n) is 8.70. The Balaban J connectivity index is 1.58. The SMILES string of the molecule is Cc1ccc(SCC(=O)Nc2ccc(S(=O)(=O)Nc3ccc(F)cc3)cc2)cc1. The van der Waals surface area contributed by atoms with Gasteiger partial charge in [-0.2, -0.15) is 0 Å². The van der Waals surface area contributed by atoms with Gasteiger partial charge in [0.1, 0.15) is 5.82 Å². The molecule has 1 amide bonds.